The Bertz CT molecular complexity index is 278. The van der Waals surface area contributed by atoms with Crippen LogP contribution in [0.4, 0.5) is 0 Å². The average molecular weight is 225 g/mol. The molecule has 2 heterocycles. The van der Waals surface area contributed by atoms with E-state index in [0.29, 0.717) is 0 Å². The molecule has 0 bridgehead atoms. The van der Waals surface area contributed by atoms with E-state index in [4.69, 9.17) is 0 Å². The molecule has 1 aliphatic heterocycles. The Morgan fingerprint density at radius 3 is 2.87 bits per heavy atom. The first-order valence-corrected chi connectivity index (χ1v) is 6.67. The molecule has 0 aliphatic carbocycles. The number of piperidine rings is 1. The van der Waals surface area contributed by atoms with E-state index in [2.05, 4.69) is 22.1 Å². The van der Waals surface area contributed by atoms with Crippen LogP contribution in [-0.2, 0) is 6.42 Å². The van der Waals surface area contributed by atoms with Gasteiger partial charge in [-0.1, -0.05) is 0 Å². The SMILES string of the molecule is OC1(CCCc2ccsc2)CCNCC1. The predicted molar refractivity (Wildman–Crippen MR) is 64.3 cm³/mol. The molecule has 1 fully saturated rings. The van der Waals surface area contributed by atoms with Crippen LogP contribution in [0.15, 0.2) is 16.8 Å². The Kier molecular flexibility index (Phi) is 3.78. The lowest BCUT2D eigenvalue weighted by molar-refractivity contribution is 0.000927. The first-order chi connectivity index (χ1) is 7.29. The number of hydrogen-bond donors (Lipinski definition) is 2. The second-order valence-electron chi connectivity index (χ2n) is 4.46. The summed E-state index contributed by atoms with van der Waals surface area (Å²) in [5, 5.41) is 17.9. The molecule has 0 radical (unpaired) electrons. The molecule has 2 rings (SSSR count). The van der Waals surface area contributed by atoms with Gasteiger partial charge in [0.1, 0.15) is 0 Å². The van der Waals surface area contributed by atoms with Crippen molar-refractivity contribution in [1.82, 2.24) is 5.32 Å². The van der Waals surface area contributed by atoms with E-state index in [1.54, 1.807) is 11.3 Å². The molecule has 2 nitrogen and oxygen atoms in total. The van der Waals surface area contributed by atoms with E-state index in [1.165, 1.54) is 5.56 Å². The van der Waals surface area contributed by atoms with Crippen molar-refractivity contribution in [3.05, 3.63) is 22.4 Å². The van der Waals surface area contributed by atoms with Crippen molar-refractivity contribution >= 4 is 11.3 Å². The minimum absolute atomic E-state index is 0.388. The number of hydrogen-bond acceptors (Lipinski definition) is 3. The number of thiophene rings is 1. The third-order valence-corrected chi connectivity index (χ3v) is 3.95. The van der Waals surface area contributed by atoms with Crippen LogP contribution in [0, 0.1) is 0 Å². The fraction of sp³-hybridized carbons (Fsp3) is 0.667. The normalized spacial score (nSPS) is 20.3. The van der Waals surface area contributed by atoms with Crippen LogP contribution in [-0.4, -0.2) is 23.8 Å². The van der Waals surface area contributed by atoms with Crippen LogP contribution in [0.5, 0.6) is 0 Å². The first kappa shape index (κ1) is 11.1. The molecule has 0 atom stereocenters. The van der Waals surface area contributed by atoms with Gasteiger partial charge in [-0.05, 0) is 67.6 Å². The number of nitrogens with one attached hydrogen (secondary N) is 1. The van der Waals surface area contributed by atoms with Gasteiger partial charge in [0, 0.05) is 0 Å². The highest BCUT2D eigenvalue weighted by molar-refractivity contribution is 7.07. The molecule has 0 spiro atoms. The summed E-state index contributed by atoms with van der Waals surface area (Å²) in [5.74, 6) is 0. The Hall–Kier alpha value is -0.380. The van der Waals surface area contributed by atoms with Crippen molar-refractivity contribution in [2.75, 3.05) is 13.1 Å². The van der Waals surface area contributed by atoms with E-state index in [0.717, 1.165) is 45.2 Å². The quantitative estimate of drug-likeness (QED) is 0.823. The highest BCUT2D eigenvalue weighted by Crippen LogP contribution is 2.24. The van der Waals surface area contributed by atoms with Gasteiger partial charge in [0.15, 0.2) is 0 Å². The van der Waals surface area contributed by atoms with Gasteiger partial charge < -0.3 is 10.4 Å². The van der Waals surface area contributed by atoms with Crippen molar-refractivity contribution < 1.29 is 5.11 Å². The molecule has 0 unspecified atom stereocenters. The zero-order chi connectivity index (χ0) is 10.6. The van der Waals surface area contributed by atoms with Crippen molar-refractivity contribution in [3.63, 3.8) is 0 Å². The Labute approximate surface area is 95.3 Å². The number of aryl methyl sites for hydroxylation is 1. The molecular weight excluding hydrogens is 206 g/mol. The number of aliphatic hydroxyl groups is 1. The minimum Gasteiger partial charge on any atom is -0.390 e. The average Bonchev–Trinajstić information content (AvgIpc) is 2.71. The van der Waals surface area contributed by atoms with E-state index < -0.39 is 0 Å². The Morgan fingerprint density at radius 2 is 2.20 bits per heavy atom. The van der Waals surface area contributed by atoms with Gasteiger partial charge in [0.25, 0.3) is 0 Å². The highest BCUT2D eigenvalue weighted by atomic mass is 32.1. The fourth-order valence-electron chi connectivity index (χ4n) is 2.20. The lowest BCUT2D eigenvalue weighted by atomic mass is 9.87. The fourth-order valence-corrected chi connectivity index (χ4v) is 2.90. The molecule has 1 aromatic heterocycles. The maximum atomic E-state index is 10.3. The van der Waals surface area contributed by atoms with Crippen LogP contribution >= 0.6 is 11.3 Å². The molecule has 15 heavy (non-hydrogen) atoms. The molecule has 1 aromatic rings. The van der Waals surface area contributed by atoms with Crippen molar-refractivity contribution in [3.8, 4) is 0 Å². The van der Waals surface area contributed by atoms with Gasteiger partial charge in [-0.25, -0.2) is 0 Å². The first-order valence-electron chi connectivity index (χ1n) is 5.73. The van der Waals surface area contributed by atoms with Crippen LogP contribution in [0.3, 0.4) is 0 Å². The van der Waals surface area contributed by atoms with Crippen molar-refractivity contribution in [1.29, 1.82) is 0 Å². The zero-order valence-electron chi connectivity index (χ0n) is 9.04. The second-order valence-corrected chi connectivity index (χ2v) is 5.24. The lowest BCUT2D eigenvalue weighted by Crippen LogP contribution is -2.41. The van der Waals surface area contributed by atoms with Gasteiger partial charge in [0.2, 0.25) is 0 Å². The molecular formula is C12H19NOS. The molecule has 3 heteroatoms. The minimum atomic E-state index is -0.388. The predicted octanol–water partition coefficient (Wildman–Crippen LogP) is 2.19. The van der Waals surface area contributed by atoms with Crippen LogP contribution in [0.2, 0.25) is 0 Å². The van der Waals surface area contributed by atoms with Crippen LogP contribution in [0.1, 0.15) is 31.2 Å². The third kappa shape index (κ3) is 3.30. The van der Waals surface area contributed by atoms with Crippen molar-refractivity contribution in [2.24, 2.45) is 0 Å². The van der Waals surface area contributed by atoms with Crippen LogP contribution in [0.25, 0.3) is 0 Å². The lowest BCUT2D eigenvalue weighted by Gasteiger charge is -2.32. The summed E-state index contributed by atoms with van der Waals surface area (Å²) >= 11 is 1.75. The Morgan fingerprint density at radius 1 is 1.40 bits per heavy atom. The molecule has 0 saturated carbocycles. The van der Waals surface area contributed by atoms with Gasteiger partial charge in [-0.2, -0.15) is 11.3 Å². The van der Waals surface area contributed by atoms with Crippen LogP contribution < -0.4 is 5.32 Å². The summed E-state index contributed by atoms with van der Waals surface area (Å²) in [7, 11) is 0. The molecule has 1 saturated heterocycles. The maximum absolute atomic E-state index is 10.3. The van der Waals surface area contributed by atoms with E-state index in [-0.39, 0.29) is 5.60 Å². The summed E-state index contributed by atoms with van der Waals surface area (Å²) in [6.45, 7) is 1.93. The topological polar surface area (TPSA) is 32.3 Å². The van der Waals surface area contributed by atoms with Gasteiger partial charge >= 0.3 is 0 Å². The maximum Gasteiger partial charge on any atom is 0.0672 e. The highest BCUT2D eigenvalue weighted by Gasteiger charge is 2.27. The summed E-state index contributed by atoms with van der Waals surface area (Å²) in [4.78, 5) is 0. The summed E-state index contributed by atoms with van der Waals surface area (Å²) in [6, 6.07) is 2.18. The smallest absolute Gasteiger partial charge is 0.0672 e. The summed E-state index contributed by atoms with van der Waals surface area (Å²) in [6.07, 6.45) is 4.99. The van der Waals surface area contributed by atoms with Gasteiger partial charge in [-0.3, -0.25) is 0 Å². The second kappa shape index (κ2) is 5.10. The van der Waals surface area contributed by atoms with E-state index >= 15 is 0 Å². The van der Waals surface area contributed by atoms with Crippen molar-refractivity contribution in [2.45, 2.75) is 37.7 Å². The molecule has 0 aromatic carbocycles. The Balaban J connectivity index is 1.72. The van der Waals surface area contributed by atoms with E-state index in [1.807, 2.05) is 0 Å². The van der Waals surface area contributed by atoms with E-state index in [9.17, 15) is 5.11 Å². The molecule has 2 N–H and O–H groups in total. The molecule has 1 aliphatic rings. The largest absolute Gasteiger partial charge is 0.390 e. The van der Waals surface area contributed by atoms with Gasteiger partial charge in [-0.15, -0.1) is 0 Å². The standard InChI is InChI=1S/C12H19NOS/c14-12(5-7-13-8-6-12)4-1-2-11-3-9-15-10-11/h3,9-10,13-14H,1-2,4-8H2. The summed E-state index contributed by atoms with van der Waals surface area (Å²) < 4.78 is 0. The third-order valence-electron chi connectivity index (χ3n) is 3.22. The monoisotopic (exact) mass is 225 g/mol. The number of rotatable bonds is 4. The summed E-state index contributed by atoms with van der Waals surface area (Å²) in [5.41, 5.74) is 1.03. The van der Waals surface area contributed by atoms with Gasteiger partial charge in [0.05, 0.1) is 5.60 Å². The zero-order valence-corrected chi connectivity index (χ0v) is 9.85. The molecule has 84 valence electrons. The molecule has 0 amide bonds.